The number of pyridine rings is 1. The third-order valence-electron chi connectivity index (χ3n) is 4.47. The molecule has 4 rings (SSSR count). The van der Waals surface area contributed by atoms with Gasteiger partial charge < -0.3 is 5.11 Å². The molecule has 0 atom stereocenters. The van der Waals surface area contributed by atoms with E-state index in [4.69, 9.17) is 0 Å². The zero-order valence-corrected chi connectivity index (χ0v) is 12.4. The summed E-state index contributed by atoms with van der Waals surface area (Å²) in [4.78, 5) is 2.46. The van der Waals surface area contributed by atoms with E-state index in [1.54, 1.807) is 6.20 Å². The first kappa shape index (κ1) is 13.5. The Balaban J connectivity index is 1.63. The molecule has 3 heterocycles. The van der Waals surface area contributed by atoms with Gasteiger partial charge in [-0.3, -0.25) is 4.90 Å². The molecule has 0 spiro atoms. The highest BCUT2D eigenvalue weighted by Gasteiger charge is 2.17. The van der Waals surface area contributed by atoms with E-state index in [0.29, 0.717) is 0 Å². The van der Waals surface area contributed by atoms with Crippen LogP contribution in [0.1, 0.15) is 22.3 Å². The van der Waals surface area contributed by atoms with Crippen molar-refractivity contribution in [3.05, 3.63) is 71.0 Å². The van der Waals surface area contributed by atoms with Crippen molar-refractivity contribution in [1.29, 1.82) is 0 Å². The summed E-state index contributed by atoms with van der Waals surface area (Å²) in [5.41, 5.74) is 6.06. The Morgan fingerprint density at radius 3 is 2.77 bits per heavy atom. The lowest BCUT2D eigenvalue weighted by Crippen LogP contribution is -2.30. The summed E-state index contributed by atoms with van der Waals surface area (Å²) in [5, 5.41) is 13.8. The standard InChI is InChI=1S/C18H19N3O/c22-13-17-10-19-21-8-3-6-16(18(17)21)12-20-9-7-14-4-1-2-5-15(14)11-20/h1-6,8,10,22H,7,9,11-13H2. The van der Waals surface area contributed by atoms with Gasteiger partial charge in [-0.1, -0.05) is 30.3 Å². The minimum absolute atomic E-state index is 0.0311. The highest BCUT2D eigenvalue weighted by atomic mass is 16.3. The Morgan fingerprint density at radius 1 is 1.05 bits per heavy atom. The molecule has 0 saturated heterocycles. The van der Waals surface area contributed by atoms with Crippen LogP contribution in [0.5, 0.6) is 0 Å². The molecule has 4 nitrogen and oxygen atoms in total. The van der Waals surface area contributed by atoms with Crippen LogP contribution in [0.25, 0.3) is 5.52 Å². The maximum atomic E-state index is 9.52. The third kappa shape index (κ3) is 2.30. The summed E-state index contributed by atoms with van der Waals surface area (Å²) in [5.74, 6) is 0. The summed E-state index contributed by atoms with van der Waals surface area (Å²) in [6.45, 7) is 2.97. The van der Waals surface area contributed by atoms with Gasteiger partial charge in [-0.05, 0) is 29.2 Å². The lowest BCUT2D eigenvalue weighted by molar-refractivity contribution is 0.246. The van der Waals surface area contributed by atoms with Crippen molar-refractivity contribution < 1.29 is 5.11 Å². The van der Waals surface area contributed by atoms with Crippen LogP contribution in [0.15, 0.2) is 48.8 Å². The van der Waals surface area contributed by atoms with Gasteiger partial charge in [0.1, 0.15) is 0 Å². The van der Waals surface area contributed by atoms with Crippen LogP contribution in [0.4, 0.5) is 0 Å². The molecule has 0 fully saturated rings. The lowest BCUT2D eigenvalue weighted by Gasteiger charge is -2.29. The third-order valence-corrected chi connectivity index (χ3v) is 4.47. The quantitative estimate of drug-likeness (QED) is 0.806. The number of aliphatic hydroxyl groups is 1. The van der Waals surface area contributed by atoms with E-state index < -0.39 is 0 Å². The number of fused-ring (bicyclic) bond motifs is 2. The fourth-order valence-corrected chi connectivity index (χ4v) is 3.36. The summed E-state index contributed by atoms with van der Waals surface area (Å²) >= 11 is 0. The molecule has 1 aliphatic rings. The number of aromatic nitrogens is 2. The van der Waals surface area contributed by atoms with Crippen molar-refractivity contribution in [1.82, 2.24) is 14.5 Å². The van der Waals surface area contributed by atoms with Crippen LogP contribution in [-0.4, -0.2) is 26.2 Å². The molecule has 4 heteroatoms. The van der Waals surface area contributed by atoms with E-state index in [9.17, 15) is 5.11 Å². The summed E-state index contributed by atoms with van der Waals surface area (Å²) < 4.78 is 1.86. The molecule has 0 amide bonds. The van der Waals surface area contributed by atoms with Gasteiger partial charge in [-0.25, -0.2) is 4.52 Å². The summed E-state index contributed by atoms with van der Waals surface area (Å²) in [7, 11) is 0. The molecule has 0 aliphatic carbocycles. The van der Waals surface area contributed by atoms with Crippen LogP contribution in [0.3, 0.4) is 0 Å². The predicted octanol–water partition coefficient (Wildman–Crippen LogP) is 2.38. The Labute approximate surface area is 129 Å². The van der Waals surface area contributed by atoms with Gasteiger partial charge >= 0.3 is 0 Å². The first-order chi connectivity index (χ1) is 10.8. The van der Waals surface area contributed by atoms with Crippen molar-refractivity contribution >= 4 is 5.52 Å². The molecule has 22 heavy (non-hydrogen) atoms. The fourth-order valence-electron chi connectivity index (χ4n) is 3.36. The Hall–Kier alpha value is -2.17. The maximum absolute atomic E-state index is 9.52. The zero-order valence-electron chi connectivity index (χ0n) is 12.4. The van der Waals surface area contributed by atoms with E-state index in [1.807, 2.05) is 16.8 Å². The Morgan fingerprint density at radius 2 is 1.91 bits per heavy atom. The molecule has 1 N–H and O–H groups in total. The normalized spacial score (nSPS) is 15.1. The van der Waals surface area contributed by atoms with Crippen LogP contribution < -0.4 is 0 Å². The average molecular weight is 293 g/mol. The number of rotatable bonds is 3. The zero-order chi connectivity index (χ0) is 14.9. The molecule has 0 bridgehead atoms. The molecule has 0 unspecified atom stereocenters. The van der Waals surface area contributed by atoms with Crippen molar-refractivity contribution in [3.8, 4) is 0 Å². The van der Waals surface area contributed by atoms with E-state index in [-0.39, 0.29) is 6.61 Å². The van der Waals surface area contributed by atoms with Crippen LogP contribution in [0, 0.1) is 0 Å². The van der Waals surface area contributed by atoms with Crippen LogP contribution >= 0.6 is 0 Å². The number of hydrogen-bond donors (Lipinski definition) is 1. The van der Waals surface area contributed by atoms with E-state index in [1.165, 1.54) is 16.7 Å². The number of aliphatic hydroxyl groups excluding tert-OH is 1. The number of nitrogens with zero attached hydrogens (tertiary/aromatic N) is 3. The fraction of sp³-hybridized carbons (Fsp3) is 0.278. The molecule has 0 radical (unpaired) electrons. The van der Waals surface area contributed by atoms with Crippen molar-refractivity contribution in [3.63, 3.8) is 0 Å². The van der Waals surface area contributed by atoms with Gasteiger partial charge in [0.05, 0.1) is 18.3 Å². The second-order valence-electron chi connectivity index (χ2n) is 5.88. The topological polar surface area (TPSA) is 40.8 Å². The van der Waals surface area contributed by atoms with Gasteiger partial charge in [-0.15, -0.1) is 0 Å². The molecule has 2 aromatic heterocycles. The van der Waals surface area contributed by atoms with E-state index >= 15 is 0 Å². The average Bonchev–Trinajstić information content (AvgIpc) is 2.99. The highest BCUT2D eigenvalue weighted by Crippen LogP contribution is 2.23. The summed E-state index contributed by atoms with van der Waals surface area (Å²) in [6.07, 6.45) is 4.79. The SMILES string of the molecule is OCc1cnn2cccc(CN3CCc4ccccc4C3)c12. The van der Waals surface area contributed by atoms with Crippen LogP contribution in [-0.2, 0) is 26.1 Å². The lowest BCUT2D eigenvalue weighted by atomic mass is 9.99. The Bertz CT molecular complexity index is 809. The summed E-state index contributed by atoms with van der Waals surface area (Å²) in [6, 6.07) is 12.8. The molecule has 0 saturated carbocycles. The minimum atomic E-state index is 0.0311. The molecule has 1 aliphatic heterocycles. The first-order valence-corrected chi connectivity index (χ1v) is 7.69. The second-order valence-corrected chi connectivity index (χ2v) is 5.88. The molecular formula is C18H19N3O. The molecular weight excluding hydrogens is 274 g/mol. The van der Waals surface area contributed by atoms with Crippen molar-refractivity contribution in [2.24, 2.45) is 0 Å². The van der Waals surface area contributed by atoms with E-state index in [0.717, 1.165) is 37.1 Å². The van der Waals surface area contributed by atoms with Gasteiger partial charge in [0, 0.05) is 31.4 Å². The molecule has 3 aromatic rings. The monoisotopic (exact) mass is 293 g/mol. The molecule has 112 valence electrons. The van der Waals surface area contributed by atoms with Gasteiger partial charge in [-0.2, -0.15) is 5.10 Å². The molecule has 1 aromatic carbocycles. The van der Waals surface area contributed by atoms with E-state index in [2.05, 4.69) is 40.3 Å². The largest absolute Gasteiger partial charge is 0.392 e. The second kappa shape index (κ2) is 5.55. The van der Waals surface area contributed by atoms with Crippen molar-refractivity contribution in [2.75, 3.05) is 6.54 Å². The minimum Gasteiger partial charge on any atom is -0.392 e. The number of benzene rings is 1. The number of hydrogen-bond acceptors (Lipinski definition) is 3. The van der Waals surface area contributed by atoms with Crippen molar-refractivity contribution in [2.45, 2.75) is 26.1 Å². The van der Waals surface area contributed by atoms with Crippen LogP contribution in [0.2, 0.25) is 0 Å². The predicted molar refractivity (Wildman–Crippen MR) is 85.4 cm³/mol. The Kier molecular flexibility index (Phi) is 3.41. The maximum Gasteiger partial charge on any atom is 0.0761 e. The highest BCUT2D eigenvalue weighted by molar-refractivity contribution is 5.60. The first-order valence-electron chi connectivity index (χ1n) is 7.69. The smallest absolute Gasteiger partial charge is 0.0761 e. The van der Waals surface area contributed by atoms with Gasteiger partial charge in [0.25, 0.3) is 0 Å². The van der Waals surface area contributed by atoms with Gasteiger partial charge in [0.15, 0.2) is 0 Å². The van der Waals surface area contributed by atoms with Gasteiger partial charge in [0.2, 0.25) is 0 Å².